The lowest BCUT2D eigenvalue weighted by Crippen LogP contribution is -2.64. The zero-order valence-corrected chi connectivity index (χ0v) is 17.7. The predicted octanol–water partition coefficient (Wildman–Crippen LogP) is 3.46. The fraction of sp³-hybridized carbons (Fsp3) is 0.708. The average molecular weight is 400 g/mol. The molecular formula is C24H33NO4. The van der Waals surface area contributed by atoms with E-state index in [1.165, 1.54) is 18.4 Å². The highest BCUT2D eigenvalue weighted by Gasteiger charge is 2.62. The van der Waals surface area contributed by atoms with Gasteiger partial charge in [0.05, 0.1) is 18.1 Å². The zero-order chi connectivity index (χ0) is 20.2. The monoisotopic (exact) mass is 399 g/mol. The highest BCUT2D eigenvalue weighted by Crippen LogP contribution is 2.58. The van der Waals surface area contributed by atoms with Gasteiger partial charge in [-0.25, -0.2) is 0 Å². The van der Waals surface area contributed by atoms with Gasteiger partial charge in [0.15, 0.2) is 23.4 Å². The second-order valence-electron chi connectivity index (χ2n) is 9.39. The van der Waals surface area contributed by atoms with Gasteiger partial charge >= 0.3 is 0 Å². The van der Waals surface area contributed by atoms with Crippen LogP contribution in [0.5, 0.6) is 11.5 Å². The fourth-order valence-electron chi connectivity index (χ4n) is 5.75. The van der Waals surface area contributed by atoms with Gasteiger partial charge in [0.2, 0.25) is 0 Å². The van der Waals surface area contributed by atoms with Crippen molar-refractivity contribution in [3.8, 4) is 11.5 Å². The number of ketones is 1. The van der Waals surface area contributed by atoms with Crippen molar-refractivity contribution in [2.24, 2.45) is 5.92 Å². The minimum atomic E-state index is -0.913. The third-order valence-electron chi connectivity index (χ3n) is 7.52. The first kappa shape index (κ1) is 19.4. The minimum Gasteiger partial charge on any atom is -0.490 e. The molecule has 4 aliphatic rings. The Hall–Kier alpha value is -1.59. The number of unbranched alkanes of at least 4 members (excludes halogenated alkanes) is 1. The first-order valence-corrected chi connectivity index (χ1v) is 11.5. The first-order valence-electron chi connectivity index (χ1n) is 11.5. The maximum Gasteiger partial charge on any atom is 0.174 e. The van der Waals surface area contributed by atoms with Crippen molar-refractivity contribution in [1.82, 2.24) is 4.90 Å². The van der Waals surface area contributed by atoms with Crippen LogP contribution in [0.15, 0.2) is 12.1 Å². The van der Waals surface area contributed by atoms with E-state index in [1.54, 1.807) is 0 Å². The first-order chi connectivity index (χ1) is 14.1. The van der Waals surface area contributed by atoms with Gasteiger partial charge in [-0.3, -0.25) is 9.69 Å². The summed E-state index contributed by atoms with van der Waals surface area (Å²) in [7, 11) is 0. The van der Waals surface area contributed by atoms with Crippen LogP contribution in [0, 0.1) is 5.92 Å². The Bertz CT molecular complexity index is 804. The van der Waals surface area contributed by atoms with Crippen LogP contribution in [-0.4, -0.2) is 53.2 Å². The van der Waals surface area contributed by atoms with Crippen LogP contribution in [-0.2, 0) is 11.2 Å². The molecule has 4 atom stereocenters. The Balaban J connectivity index is 1.54. The minimum absolute atomic E-state index is 0.0441. The van der Waals surface area contributed by atoms with Crippen LogP contribution in [0.4, 0.5) is 0 Å². The van der Waals surface area contributed by atoms with Gasteiger partial charge in [-0.05, 0) is 56.2 Å². The van der Waals surface area contributed by atoms with E-state index in [2.05, 4.69) is 24.8 Å². The molecule has 5 heteroatoms. The fourth-order valence-corrected chi connectivity index (χ4v) is 5.75. The summed E-state index contributed by atoms with van der Waals surface area (Å²) in [4.78, 5) is 15.3. The number of rotatable bonds is 8. The lowest BCUT2D eigenvalue weighted by atomic mass is 9.61. The number of hydrogen-bond donors (Lipinski definition) is 1. The molecule has 1 aromatic rings. The second kappa shape index (κ2) is 7.28. The molecule has 0 spiro atoms. The number of likely N-dealkylation sites (N-methyl/N-ethyl adjacent to an activating group) is 1. The van der Waals surface area contributed by atoms with E-state index in [0.717, 1.165) is 49.6 Å². The van der Waals surface area contributed by atoms with Crippen LogP contribution in [0.3, 0.4) is 0 Å². The summed E-state index contributed by atoms with van der Waals surface area (Å²) in [6, 6.07) is 4.19. The number of carbonyl (C=O) groups is 1. The van der Waals surface area contributed by atoms with Crippen molar-refractivity contribution in [2.45, 2.75) is 82.5 Å². The molecule has 0 bridgehead atoms. The highest BCUT2D eigenvalue weighted by molar-refractivity contribution is 5.88. The van der Waals surface area contributed by atoms with Crippen molar-refractivity contribution in [3.05, 3.63) is 23.3 Å². The third kappa shape index (κ3) is 3.09. The number of Topliss-reactive ketones (excluding diaryl/α,β-unsaturated/α-hetero) is 1. The summed E-state index contributed by atoms with van der Waals surface area (Å²) in [6.45, 7) is 6.95. The molecule has 0 saturated heterocycles. The molecule has 1 heterocycles. The van der Waals surface area contributed by atoms with Gasteiger partial charge in [-0.1, -0.05) is 26.3 Å². The Morgan fingerprint density at radius 2 is 2.14 bits per heavy atom. The van der Waals surface area contributed by atoms with E-state index in [9.17, 15) is 9.90 Å². The molecule has 2 fully saturated rings. The third-order valence-corrected chi connectivity index (χ3v) is 7.52. The number of hydrogen-bond acceptors (Lipinski definition) is 5. The summed E-state index contributed by atoms with van der Waals surface area (Å²) in [5, 5.41) is 12.0. The Kier molecular flexibility index (Phi) is 4.86. The number of benzene rings is 1. The normalized spacial score (nSPS) is 32.3. The quantitative estimate of drug-likeness (QED) is 0.679. The van der Waals surface area contributed by atoms with Gasteiger partial charge < -0.3 is 14.6 Å². The highest BCUT2D eigenvalue weighted by atomic mass is 16.5. The molecule has 3 aliphatic carbocycles. The van der Waals surface area contributed by atoms with Gasteiger partial charge in [0, 0.05) is 24.6 Å². The number of nitrogens with zero attached hydrogens (tertiary/aromatic N) is 1. The molecule has 2 saturated carbocycles. The van der Waals surface area contributed by atoms with E-state index in [0.29, 0.717) is 25.2 Å². The molecular weight excluding hydrogens is 366 g/mol. The van der Waals surface area contributed by atoms with E-state index >= 15 is 0 Å². The Labute approximate surface area is 173 Å². The molecule has 29 heavy (non-hydrogen) atoms. The molecule has 158 valence electrons. The van der Waals surface area contributed by atoms with E-state index < -0.39 is 11.7 Å². The van der Waals surface area contributed by atoms with E-state index in [4.69, 9.17) is 9.47 Å². The van der Waals surface area contributed by atoms with Crippen molar-refractivity contribution in [2.75, 3.05) is 19.7 Å². The van der Waals surface area contributed by atoms with Gasteiger partial charge in [-0.2, -0.15) is 0 Å². The Morgan fingerprint density at radius 3 is 2.86 bits per heavy atom. The number of ether oxygens (including phenoxy) is 2. The largest absolute Gasteiger partial charge is 0.490 e. The van der Waals surface area contributed by atoms with Crippen LogP contribution in [0.1, 0.15) is 69.4 Å². The average Bonchev–Trinajstić information content (AvgIpc) is 3.44. The van der Waals surface area contributed by atoms with Gasteiger partial charge in [0.1, 0.15) is 0 Å². The Morgan fingerprint density at radius 1 is 1.31 bits per heavy atom. The van der Waals surface area contributed by atoms with Crippen molar-refractivity contribution in [1.29, 1.82) is 0 Å². The summed E-state index contributed by atoms with van der Waals surface area (Å²) in [5.74, 6) is 2.06. The summed E-state index contributed by atoms with van der Waals surface area (Å²) < 4.78 is 12.2. The molecule has 5 nitrogen and oxygen atoms in total. The van der Waals surface area contributed by atoms with Crippen molar-refractivity contribution >= 4 is 5.78 Å². The molecule has 0 aromatic heterocycles. The molecule has 0 amide bonds. The van der Waals surface area contributed by atoms with E-state index in [1.807, 2.05) is 6.07 Å². The molecule has 1 N–H and O–H groups in total. The van der Waals surface area contributed by atoms with Crippen LogP contribution >= 0.6 is 0 Å². The smallest absolute Gasteiger partial charge is 0.174 e. The van der Waals surface area contributed by atoms with E-state index in [-0.39, 0.29) is 17.7 Å². The standard InChI is InChI=1S/C24H33NO4/c1-3-5-12-28-18-9-8-16-13-19(25(4-2)14-15-6-7-15)24(27)11-10-17(26)22-21(24)20(16)23(18)29-22/h8-9,15,19,21-22,27H,3-7,10-14H2,1-2H3/t19-,21?,22+,24-/m1/s1. The van der Waals surface area contributed by atoms with Gasteiger partial charge in [-0.15, -0.1) is 0 Å². The van der Waals surface area contributed by atoms with Crippen molar-refractivity contribution in [3.63, 3.8) is 0 Å². The van der Waals surface area contributed by atoms with Gasteiger partial charge in [0.25, 0.3) is 0 Å². The summed E-state index contributed by atoms with van der Waals surface area (Å²) in [6.07, 6.45) is 5.83. The SMILES string of the molecule is CCCCOc1ccc2c3c1O[C@H]1C(=O)CC[C@](O)(C31)[C@H](N(CC)CC1CC1)C2. The van der Waals surface area contributed by atoms with Crippen LogP contribution < -0.4 is 9.47 Å². The number of aliphatic hydroxyl groups is 1. The molecule has 1 aromatic carbocycles. The maximum atomic E-state index is 12.8. The lowest BCUT2D eigenvalue weighted by Gasteiger charge is -2.52. The van der Waals surface area contributed by atoms with Crippen LogP contribution in [0.25, 0.3) is 0 Å². The molecule has 5 rings (SSSR count). The zero-order valence-electron chi connectivity index (χ0n) is 17.7. The maximum absolute atomic E-state index is 12.8. The van der Waals surface area contributed by atoms with Crippen molar-refractivity contribution < 1.29 is 19.4 Å². The van der Waals surface area contributed by atoms with Crippen LogP contribution in [0.2, 0.25) is 0 Å². The molecule has 0 radical (unpaired) electrons. The summed E-state index contributed by atoms with van der Waals surface area (Å²) in [5.41, 5.74) is 1.34. The number of carbonyl (C=O) groups excluding carboxylic acids is 1. The topological polar surface area (TPSA) is 59.0 Å². The predicted molar refractivity (Wildman–Crippen MR) is 111 cm³/mol. The molecule has 1 aliphatic heterocycles. The second-order valence-corrected chi connectivity index (χ2v) is 9.39. The lowest BCUT2D eigenvalue weighted by molar-refractivity contribution is -0.147. The summed E-state index contributed by atoms with van der Waals surface area (Å²) >= 11 is 0. The molecule has 1 unspecified atom stereocenters.